The molecule has 2 aromatic carbocycles. The number of para-hydroxylation sites is 1. The summed E-state index contributed by atoms with van der Waals surface area (Å²) in [5, 5.41) is 21.5. The summed E-state index contributed by atoms with van der Waals surface area (Å²) in [7, 11) is 0. The van der Waals surface area contributed by atoms with Gasteiger partial charge in [-0.2, -0.15) is 0 Å². The number of ether oxygens (including phenoxy) is 1. The second kappa shape index (κ2) is 14.4. The number of anilines is 1. The molecule has 2 fully saturated rings. The highest BCUT2D eigenvalue weighted by atomic mass is 16.5. The lowest BCUT2D eigenvalue weighted by Gasteiger charge is -2.23. The Morgan fingerprint density at radius 2 is 1.82 bits per heavy atom. The molecule has 208 valence electrons. The van der Waals surface area contributed by atoms with Gasteiger partial charge in [-0.1, -0.05) is 55.5 Å². The summed E-state index contributed by atoms with van der Waals surface area (Å²) in [6, 6.07) is 19.7. The maximum atomic E-state index is 13.2. The largest absolute Gasteiger partial charge is 0.512 e. The third-order valence-corrected chi connectivity index (χ3v) is 8.41. The number of hydrogen-bond acceptors (Lipinski definition) is 4. The van der Waals surface area contributed by atoms with Crippen LogP contribution in [0, 0.1) is 41.4 Å². The van der Waals surface area contributed by atoms with Gasteiger partial charge in [0.25, 0.3) is 5.91 Å². The van der Waals surface area contributed by atoms with Crippen molar-refractivity contribution >= 4 is 11.6 Å². The standard InChI is InChI=1S/C34H43NO4/c1-3-4-11-25(2)16-17-31(36)34-30-21-27(20-28(30)22-32(34)37)18-19-39-24-33(38)35(29-14-9-6-10-15-29)23-26-12-7-5-8-13-26/h5-10,12-15,17,25,27-28,30,32,34,36-37H,11,16,18-24H2,1-2H3/t25?,27-,28-,30+,32+,34-/m0/s1. The lowest BCUT2D eigenvalue weighted by molar-refractivity contribution is -0.123. The summed E-state index contributed by atoms with van der Waals surface area (Å²) in [6.45, 7) is 5.07. The second-order valence-corrected chi connectivity index (χ2v) is 11.3. The van der Waals surface area contributed by atoms with Gasteiger partial charge in [-0.15, -0.1) is 11.8 Å². The van der Waals surface area contributed by atoms with Gasteiger partial charge < -0.3 is 19.8 Å². The first-order valence-corrected chi connectivity index (χ1v) is 14.4. The summed E-state index contributed by atoms with van der Waals surface area (Å²) in [5.74, 6) is 7.80. The quantitative estimate of drug-likeness (QED) is 0.186. The summed E-state index contributed by atoms with van der Waals surface area (Å²) in [6.07, 6.45) is 6.73. The van der Waals surface area contributed by atoms with Crippen molar-refractivity contribution in [2.45, 2.75) is 65.0 Å². The molecule has 1 unspecified atom stereocenters. The lowest BCUT2D eigenvalue weighted by atomic mass is 9.87. The van der Waals surface area contributed by atoms with Gasteiger partial charge in [0.05, 0.1) is 18.4 Å². The molecule has 2 aliphatic carbocycles. The molecule has 0 heterocycles. The Morgan fingerprint density at radius 1 is 1.10 bits per heavy atom. The number of rotatable bonds is 12. The Hall–Kier alpha value is -3.07. The van der Waals surface area contributed by atoms with Crippen LogP contribution >= 0.6 is 0 Å². The number of hydrogen-bond donors (Lipinski definition) is 2. The Balaban J connectivity index is 1.25. The van der Waals surface area contributed by atoms with Gasteiger partial charge in [0.1, 0.15) is 6.61 Å². The van der Waals surface area contributed by atoms with E-state index < -0.39 is 6.10 Å². The third-order valence-electron chi connectivity index (χ3n) is 8.41. The zero-order chi connectivity index (χ0) is 27.6. The van der Waals surface area contributed by atoms with E-state index >= 15 is 0 Å². The molecule has 2 aromatic rings. The van der Waals surface area contributed by atoms with Crippen molar-refractivity contribution < 1.29 is 19.7 Å². The van der Waals surface area contributed by atoms with Gasteiger partial charge >= 0.3 is 0 Å². The van der Waals surface area contributed by atoms with Crippen molar-refractivity contribution in [2.24, 2.45) is 29.6 Å². The molecule has 2 aliphatic rings. The molecule has 5 heteroatoms. The van der Waals surface area contributed by atoms with E-state index in [2.05, 4.69) is 18.8 Å². The first-order valence-electron chi connectivity index (χ1n) is 14.4. The van der Waals surface area contributed by atoms with Gasteiger partial charge in [-0.3, -0.25) is 4.79 Å². The molecule has 0 spiro atoms. The number of amides is 1. The molecule has 0 bridgehead atoms. The number of nitrogens with zero attached hydrogens (tertiary/aromatic N) is 1. The molecule has 0 radical (unpaired) electrons. The highest BCUT2D eigenvalue weighted by Crippen LogP contribution is 2.52. The van der Waals surface area contributed by atoms with Crippen LogP contribution in [-0.2, 0) is 16.1 Å². The van der Waals surface area contributed by atoms with E-state index in [0.29, 0.717) is 42.6 Å². The monoisotopic (exact) mass is 529 g/mol. The molecule has 5 nitrogen and oxygen atoms in total. The highest BCUT2D eigenvalue weighted by molar-refractivity contribution is 5.94. The van der Waals surface area contributed by atoms with Crippen molar-refractivity contribution in [3.05, 3.63) is 78.1 Å². The minimum Gasteiger partial charge on any atom is -0.512 e. The van der Waals surface area contributed by atoms with E-state index in [9.17, 15) is 15.0 Å². The average Bonchev–Trinajstić information content (AvgIpc) is 3.48. The van der Waals surface area contributed by atoms with E-state index in [4.69, 9.17) is 4.74 Å². The fourth-order valence-electron chi connectivity index (χ4n) is 6.38. The summed E-state index contributed by atoms with van der Waals surface area (Å²) in [4.78, 5) is 14.9. The second-order valence-electron chi connectivity index (χ2n) is 11.3. The molecular formula is C34H43NO4. The van der Waals surface area contributed by atoms with Crippen molar-refractivity contribution in [3.63, 3.8) is 0 Å². The third kappa shape index (κ3) is 7.97. The first-order chi connectivity index (χ1) is 19.0. The van der Waals surface area contributed by atoms with Crippen LogP contribution in [-0.4, -0.2) is 35.4 Å². The minimum absolute atomic E-state index is 0.0484. The molecule has 0 saturated heterocycles. The van der Waals surface area contributed by atoms with Crippen LogP contribution in [0.1, 0.15) is 57.9 Å². The maximum Gasteiger partial charge on any atom is 0.253 e. The predicted octanol–water partition coefficient (Wildman–Crippen LogP) is 6.53. The van der Waals surface area contributed by atoms with Crippen LogP contribution in [0.2, 0.25) is 0 Å². The van der Waals surface area contributed by atoms with Gasteiger partial charge in [0, 0.05) is 24.6 Å². The van der Waals surface area contributed by atoms with Crippen LogP contribution < -0.4 is 4.90 Å². The van der Waals surface area contributed by atoms with Gasteiger partial charge in [-0.25, -0.2) is 0 Å². The molecule has 39 heavy (non-hydrogen) atoms. The smallest absolute Gasteiger partial charge is 0.253 e. The Labute approximate surface area is 233 Å². The van der Waals surface area contributed by atoms with Gasteiger partial charge in [-0.05, 0) is 86.5 Å². The zero-order valence-electron chi connectivity index (χ0n) is 23.3. The Morgan fingerprint density at radius 3 is 2.54 bits per heavy atom. The molecular weight excluding hydrogens is 486 g/mol. The Bertz CT molecular complexity index is 1140. The molecule has 1 amide bonds. The van der Waals surface area contributed by atoms with E-state index in [0.717, 1.165) is 49.8 Å². The number of aliphatic hydroxyl groups is 2. The normalized spacial score (nSPS) is 25.0. The first kappa shape index (κ1) is 28.9. The topological polar surface area (TPSA) is 70.0 Å². The minimum atomic E-state index is -0.467. The molecule has 6 atom stereocenters. The molecule has 2 saturated carbocycles. The summed E-state index contributed by atoms with van der Waals surface area (Å²) < 4.78 is 5.90. The summed E-state index contributed by atoms with van der Waals surface area (Å²) >= 11 is 0. The predicted molar refractivity (Wildman–Crippen MR) is 156 cm³/mol. The number of carbonyl (C=O) groups excluding carboxylic acids is 1. The van der Waals surface area contributed by atoms with Crippen LogP contribution in [0.3, 0.4) is 0 Å². The van der Waals surface area contributed by atoms with Crippen LogP contribution in [0.4, 0.5) is 5.69 Å². The van der Waals surface area contributed by atoms with Crippen molar-refractivity contribution in [3.8, 4) is 11.8 Å². The average molecular weight is 530 g/mol. The molecule has 4 rings (SSSR count). The fraction of sp³-hybridized carbons (Fsp3) is 0.500. The van der Waals surface area contributed by atoms with E-state index in [1.807, 2.05) is 73.7 Å². The number of carbonyl (C=O) groups is 1. The van der Waals surface area contributed by atoms with Crippen molar-refractivity contribution in [1.29, 1.82) is 0 Å². The molecule has 2 N–H and O–H groups in total. The molecule has 0 aromatic heterocycles. The van der Waals surface area contributed by atoms with E-state index in [1.54, 1.807) is 4.90 Å². The van der Waals surface area contributed by atoms with Crippen molar-refractivity contribution in [2.75, 3.05) is 18.1 Å². The number of aliphatic hydroxyl groups excluding tert-OH is 2. The SMILES string of the molecule is CC#CCC(C)CC=C(O)[C@@H]1[C@@H]2C[C@@H](CCOCC(=O)N(Cc3ccccc3)c3ccccc3)C[C@H]2C[C@H]1O. The van der Waals surface area contributed by atoms with E-state index in [1.165, 1.54) is 0 Å². The maximum absolute atomic E-state index is 13.2. The lowest BCUT2D eigenvalue weighted by Crippen LogP contribution is -2.33. The van der Waals surface area contributed by atoms with Crippen LogP contribution in [0.15, 0.2) is 72.5 Å². The van der Waals surface area contributed by atoms with Gasteiger partial charge in [0.2, 0.25) is 0 Å². The van der Waals surface area contributed by atoms with Crippen LogP contribution in [0.25, 0.3) is 0 Å². The van der Waals surface area contributed by atoms with E-state index in [-0.39, 0.29) is 18.4 Å². The Kier molecular flexibility index (Phi) is 10.6. The summed E-state index contributed by atoms with van der Waals surface area (Å²) in [5.41, 5.74) is 1.94. The fourth-order valence-corrected chi connectivity index (χ4v) is 6.38. The van der Waals surface area contributed by atoms with Crippen LogP contribution in [0.5, 0.6) is 0 Å². The molecule has 0 aliphatic heterocycles. The van der Waals surface area contributed by atoms with Crippen molar-refractivity contribution in [1.82, 2.24) is 0 Å². The number of fused-ring (bicyclic) bond motifs is 1. The zero-order valence-corrected chi connectivity index (χ0v) is 23.3. The number of benzene rings is 2. The highest BCUT2D eigenvalue weighted by Gasteiger charge is 2.49. The van der Waals surface area contributed by atoms with Gasteiger partial charge in [0.15, 0.2) is 0 Å². The number of allylic oxidation sites excluding steroid dienone is 1.